The Morgan fingerprint density at radius 3 is 2.29 bits per heavy atom. The van der Waals surface area contributed by atoms with Crippen LogP contribution in [0.2, 0.25) is 0 Å². The lowest BCUT2D eigenvalue weighted by atomic mass is 9.75. The molecule has 0 aromatic heterocycles. The van der Waals surface area contributed by atoms with Crippen LogP contribution < -0.4 is 5.73 Å². The molecule has 1 heterocycles. The first-order valence-electron chi connectivity index (χ1n) is 6.90. The summed E-state index contributed by atoms with van der Waals surface area (Å²) in [7, 11) is 0. The summed E-state index contributed by atoms with van der Waals surface area (Å²) < 4.78 is 0. The average Bonchev–Trinajstić information content (AvgIpc) is 2.59. The maximum absolute atomic E-state index is 6.24. The average molecular weight is 238 g/mol. The Hall–Kier alpha value is -0.500. The third-order valence-electron chi connectivity index (χ3n) is 4.18. The van der Waals surface area contributed by atoms with Crippen LogP contribution in [0.1, 0.15) is 60.3 Å². The summed E-state index contributed by atoms with van der Waals surface area (Å²) in [5.41, 5.74) is 7.74. The Morgan fingerprint density at radius 1 is 1.35 bits per heavy atom. The Balaban J connectivity index is 2.90. The molecule has 1 aliphatic heterocycles. The van der Waals surface area contributed by atoms with Crippen LogP contribution in [0, 0.1) is 5.41 Å². The molecule has 2 nitrogen and oxygen atoms in total. The van der Waals surface area contributed by atoms with Crippen LogP contribution in [0.3, 0.4) is 0 Å². The molecule has 0 spiro atoms. The normalized spacial score (nSPS) is 19.9. The van der Waals surface area contributed by atoms with Crippen LogP contribution in [0.15, 0.2) is 12.3 Å². The van der Waals surface area contributed by atoms with E-state index in [9.17, 15) is 0 Å². The summed E-state index contributed by atoms with van der Waals surface area (Å²) in [5.74, 6) is 0. The highest BCUT2D eigenvalue weighted by molar-refractivity contribution is 5.06. The van der Waals surface area contributed by atoms with Crippen molar-refractivity contribution in [3.05, 3.63) is 12.3 Å². The molecule has 0 amide bonds. The lowest BCUT2D eigenvalue weighted by Gasteiger charge is -2.44. The van der Waals surface area contributed by atoms with Gasteiger partial charge in [0.2, 0.25) is 0 Å². The largest absolute Gasteiger partial charge is 0.372 e. The van der Waals surface area contributed by atoms with Crippen molar-refractivity contribution >= 4 is 0 Å². The van der Waals surface area contributed by atoms with Crippen LogP contribution in [-0.4, -0.2) is 23.0 Å². The van der Waals surface area contributed by atoms with E-state index in [1.54, 1.807) is 0 Å². The molecular weight excluding hydrogens is 208 g/mol. The summed E-state index contributed by atoms with van der Waals surface area (Å²) in [6, 6.07) is 0.516. The molecule has 100 valence electrons. The van der Waals surface area contributed by atoms with Gasteiger partial charge >= 0.3 is 0 Å². The first kappa shape index (κ1) is 14.6. The van der Waals surface area contributed by atoms with Gasteiger partial charge in [-0.15, -0.1) is 0 Å². The van der Waals surface area contributed by atoms with Crippen LogP contribution in [0.4, 0.5) is 0 Å². The van der Waals surface area contributed by atoms with Crippen molar-refractivity contribution in [3.63, 3.8) is 0 Å². The van der Waals surface area contributed by atoms with Crippen LogP contribution in [0.25, 0.3) is 0 Å². The molecule has 0 radical (unpaired) electrons. The minimum atomic E-state index is -0.111. The number of rotatable bonds is 5. The number of likely N-dealkylation sites (tertiary alicyclic amines) is 1. The van der Waals surface area contributed by atoms with E-state index < -0.39 is 0 Å². The Bertz CT molecular complexity index is 273. The summed E-state index contributed by atoms with van der Waals surface area (Å²) in [6.45, 7) is 16.6. The number of allylic oxidation sites excluding steroid dienone is 1. The topological polar surface area (TPSA) is 29.3 Å². The van der Waals surface area contributed by atoms with Gasteiger partial charge in [0.15, 0.2) is 0 Å². The zero-order chi connectivity index (χ0) is 13.3. The molecular formula is C15H30N2. The molecule has 1 rings (SSSR count). The summed E-state index contributed by atoms with van der Waals surface area (Å²) in [6.07, 6.45) is 4.62. The molecule has 0 aromatic carbocycles. The highest BCUT2D eigenvalue weighted by Crippen LogP contribution is 2.37. The van der Waals surface area contributed by atoms with Crippen LogP contribution in [-0.2, 0) is 0 Å². The lowest BCUT2D eigenvalue weighted by Crippen LogP contribution is -2.49. The van der Waals surface area contributed by atoms with Gasteiger partial charge < -0.3 is 10.6 Å². The van der Waals surface area contributed by atoms with Crippen LogP contribution >= 0.6 is 0 Å². The molecule has 17 heavy (non-hydrogen) atoms. The second-order valence-corrected chi connectivity index (χ2v) is 6.91. The van der Waals surface area contributed by atoms with Crippen molar-refractivity contribution in [2.75, 3.05) is 6.54 Å². The van der Waals surface area contributed by atoms with Crippen LogP contribution in [0.5, 0.6) is 0 Å². The van der Waals surface area contributed by atoms with Crippen molar-refractivity contribution in [1.29, 1.82) is 0 Å². The monoisotopic (exact) mass is 238 g/mol. The number of nitrogens with two attached hydrogens (primary N) is 1. The van der Waals surface area contributed by atoms with Gasteiger partial charge in [0.25, 0.3) is 0 Å². The predicted molar refractivity (Wildman–Crippen MR) is 75.8 cm³/mol. The standard InChI is InChI=1S/C15H30N2/c1-7-14(3,4)13(11-15(5,6)16)17-10-8-9-12(17)2/h13H,2,7-11,16H2,1,3-6H3. The van der Waals surface area contributed by atoms with Gasteiger partial charge in [-0.05, 0) is 44.9 Å². The first-order chi connectivity index (χ1) is 7.67. The van der Waals surface area contributed by atoms with Gasteiger partial charge in [0.05, 0.1) is 0 Å². The van der Waals surface area contributed by atoms with E-state index in [0.29, 0.717) is 11.5 Å². The Labute approximate surface area is 107 Å². The van der Waals surface area contributed by atoms with Crippen molar-refractivity contribution in [1.82, 2.24) is 4.90 Å². The molecule has 1 unspecified atom stereocenters. The molecule has 1 atom stereocenters. The highest BCUT2D eigenvalue weighted by atomic mass is 15.2. The SMILES string of the molecule is C=C1CCCN1C(CC(C)(C)N)C(C)(C)CC. The fraction of sp³-hybridized carbons (Fsp3) is 0.867. The fourth-order valence-corrected chi connectivity index (χ4v) is 2.67. The Morgan fingerprint density at radius 2 is 1.94 bits per heavy atom. The summed E-state index contributed by atoms with van der Waals surface area (Å²) in [4.78, 5) is 2.51. The third-order valence-corrected chi connectivity index (χ3v) is 4.18. The molecule has 2 heteroatoms. The molecule has 1 fully saturated rings. The van der Waals surface area contributed by atoms with E-state index in [4.69, 9.17) is 5.73 Å². The van der Waals surface area contributed by atoms with Crippen molar-refractivity contribution in [3.8, 4) is 0 Å². The van der Waals surface area contributed by atoms with E-state index in [2.05, 4.69) is 46.1 Å². The first-order valence-corrected chi connectivity index (χ1v) is 6.90. The molecule has 0 saturated carbocycles. The summed E-state index contributed by atoms with van der Waals surface area (Å²) >= 11 is 0. The van der Waals surface area contributed by atoms with Crippen molar-refractivity contribution in [2.24, 2.45) is 11.1 Å². The molecule has 2 N–H and O–H groups in total. The van der Waals surface area contributed by atoms with Gasteiger partial charge in [-0.1, -0.05) is 27.4 Å². The molecule has 0 bridgehead atoms. The van der Waals surface area contributed by atoms with Gasteiger partial charge in [0, 0.05) is 23.8 Å². The third kappa shape index (κ3) is 3.74. The van der Waals surface area contributed by atoms with Gasteiger partial charge in [0.1, 0.15) is 0 Å². The van der Waals surface area contributed by atoms with Crippen molar-refractivity contribution < 1.29 is 0 Å². The van der Waals surface area contributed by atoms with Gasteiger partial charge in [-0.2, -0.15) is 0 Å². The molecule has 0 aliphatic carbocycles. The van der Waals surface area contributed by atoms with Crippen molar-refractivity contribution in [2.45, 2.75) is 71.9 Å². The number of nitrogens with zero attached hydrogens (tertiary/aromatic N) is 1. The predicted octanol–water partition coefficient (Wildman–Crippen LogP) is 3.53. The van der Waals surface area contributed by atoms with E-state index in [1.165, 1.54) is 18.5 Å². The molecule has 0 aromatic rings. The lowest BCUT2D eigenvalue weighted by molar-refractivity contribution is 0.101. The quantitative estimate of drug-likeness (QED) is 0.794. The van der Waals surface area contributed by atoms with E-state index in [0.717, 1.165) is 19.4 Å². The van der Waals surface area contributed by atoms with E-state index >= 15 is 0 Å². The maximum Gasteiger partial charge on any atom is 0.0354 e. The smallest absolute Gasteiger partial charge is 0.0354 e. The van der Waals surface area contributed by atoms with Gasteiger partial charge in [-0.3, -0.25) is 0 Å². The molecule has 1 aliphatic rings. The minimum Gasteiger partial charge on any atom is -0.372 e. The Kier molecular flexibility index (Phi) is 4.29. The van der Waals surface area contributed by atoms with E-state index in [-0.39, 0.29) is 5.54 Å². The zero-order valence-electron chi connectivity index (χ0n) is 12.3. The number of hydrogen-bond acceptors (Lipinski definition) is 2. The minimum absolute atomic E-state index is 0.111. The fourth-order valence-electron chi connectivity index (χ4n) is 2.67. The number of hydrogen-bond donors (Lipinski definition) is 1. The summed E-state index contributed by atoms with van der Waals surface area (Å²) in [5, 5.41) is 0. The second-order valence-electron chi connectivity index (χ2n) is 6.91. The second kappa shape index (κ2) is 5.01. The van der Waals surface area contributed by atoms with Gasteiger partial charge in [-0.25, -0.2) is 0 Å². The highest BCUT2D eigenvalue weighted by Gasteiger charge is 2.37. The van der Waals surface area contributed by atoms with E-state index in [1.807, 2.05) is 0 Å². The maximum atomic E-state index is 6.24. The zero-order valence-corrected chi connectivity index (χ0v) is 12.3. The molecule has 1 saturated heterocycles.